The molecule has 0 radical (unpaired) electrons. The number of carboxylic acids is 1. The summed E-state index contributed by atoms with van der Waals surface area (Å²) in [5.74, 6) is -1.10. The van der Waals surface area contributed by atoms with Crippen LogP contribution >= 0.6 is 11.3 Å². The standard InChI is InChI=1S/C24H22FNO5S/c1-12(2)31-17-8-7-13(10-18(17)30-3)16-11-19(27)26-21-20(14-5-4-6-15(25)9-14)23(24(28)29)32-22(16)21/h4-10,12,16H,11H2,1-3H3,(H,26,27)(H,28,29). The molecule has 0 saturated carbocycles. The van der Waals surface area contributed by atoms with Gasteiger partial charge in [-0.05, 0) is 49.2 Å². The molecule has 0 saturated heterocycles. The topological polar surface area (TPSA) is 84.9 Å². The van der Waals surface area contributed by atoms with Crippen LogP contribution in [-0.2, 0) is 4.79 Å². The minimum Gasteiger partial charge on any atom is -0.493 e. The lowest BCUT2D eigenvalue weighted by molar-refractivity contribution is -0.116. The fraction of sp³-hybridized carbons (Fsp3) is 0.250. The second kappa shape index (κ2) is 8.63. The van der Waals surface area contributed by atoms with E-state index in [9.17, 15) is 19.1 Å². The Hall–Kier alpha value is -3.39. The van der Waals surface area contributed by atoms with Crippen LogP contribution in [-0.4, -0.2) is 30.2 Å². The van der Waals surface area contributed by atoms with Crippen molar-refractivity contribution in [1.29, 1.82) is 0 Å². The van der Waals surface area contributed by atoms with Crippen molar-refractivity contribution in [1.82, 2.24) is 0 Å². The molecular formula is C24H22FNO5S. The van der Waals surface area contributed by atoms with E-state index in [1.165, 1.54) is 18.2 Å². The molecule has 0 aliphatic carbocycles. The third-order valence-corrected chi connectivity index (χ3v) is 6.46. The van der Waals surface area contributed by atoms with Gasteiger partial charge in [0.25, 0.3) is 0 Å². The highest BCUT2D eigenvalue weighted by molar-refractivity contribution is 7.15. The molecule has 4 rings (SSSR count). The fourth-order valence-electron chi connectivity index (χ4n) is 3.88. The number of halogens is 1. The normalized spacial score (nSPS) is 15.3. The van der Waals surface area contributed by atoms with Gasteiger partial charge in [-0.3, -0.25) is 4.79 Å². The summed E-state index contributed by atoms with van der Waals surface area (Å²) in [5.41, 5.74) is 1.94. The van der Waals surface area contributed by atoms with Crippen molar-refractivity contribution in [2.45, 2.75) is 32.3 Å². The van der Waals surface area contributed by atoms with Crippen LogP contribution < -0.4 is 14.8 Å². The molecule has 166 valence electrons. The molecule has 2 aromatic carbocycles. The van der Waals surface area contributed by atoms with Gasteiger partial charge in [-0.15, -0.1) is 11.3 Å². The molecule has 2 heterocycles. The Bertz CT molecular complexity index is 1200. The van der Waals surface area contributed by atoms with Crippen molar-refractivity contribution in [3.05, 3.63) is 63.6 Å². The summed E-state index contributed by atoms with van der Waals surface area (Å²) in [7, 11) is 1.54. The van der Waals surface area contributed by atoms with Crippen molar-refractivity contribution < 1.29 is 28.6 Å². The summed E-state index contributed by atoms with van der Waals surface area (Å²) in [6.45, 7) is 3.83. The number of hydrogen-bond donors (Lipinski definition) is 2. The van der Waals surface area contributed by atoms with Gasteiger partial charge in [-0.2, -0.15) is 0 Å². The summed E-state index contributed by atoms with van der Waals surface area (Å²) >= 11 is 1.10. The number of ether oxygens (including phenoxy) is 2. The molecule has 1 aliphatic rings. The molecule has 3 aromatic rings. The molecule has 0 bridgehead atoms. The number of carbonyl (C=O) groups excluding carboxylic acids is 1. The minimum absolute atomic E-state index is 0.0361. The van der Waals surface area contributed by atoms with Gasteiger partial charge in [0.2, 0.25) is 5.91 Å². The zero-order valence-corrected chi connectivity index (χ0v) is 18.6. The van der Waals surface area contributed by atoms with Gasteiger partial charge in [0.05, 0.1) is 18.9 Å². The number of fused-ring (bicyclic) bond motifs is 1. The molecule has 1 aliphatic heterocycles. The zero-order chi connectivity index (χ0) is 23.0. The highest BCUT2D eigenvalue weighted by atomic mass is 32.1. The van der Waals surface area contributed by atoms with E-state index in [0.29, 0.717) is 33.2 Å². The highest BCUT2D eigenvalue weighted by Crippen LogP contribution is 2.50. The van der Waals surface area contributed by atoms with Crippen molar-refractivity contribution in [3.63, 3.8) is 0 Å². The number of amides is 1. The van der Waals surface area contributed by atoms with Gasteiger partial charge in [0.1, 0.15) is 10.7 Å². The van der Waals surface area contributed by atoms with E-state index in [1.807, 2.05) is 26.0 Å². The van der Waals surface area contributed by atoms with E-state index in [4.69, 9.17) is 9.47 Å². The first kappa shape index (κ1) is 21.8. The largest absolute Gasteiger partial charge is 0.493 e. The molecule has 1 amide bonds. The predicted molar refractivity (Wildman–Crippen MR) is 121 cm³/mol. The highest BCUT2D eigenvalue weighted by Gasteiger charge is 2.35. The van der Waals surface area contributed by atoms with Crippen LogP contribution in [0.2, 0.25) is 0 Å². The number of thiophene rings is 1. The van der Waals surface area contributed by atoms with Gasteiger partial charge in [0.15, 0.2) is 11.5 Å². The number of nitrogens with one attached hydrogen (secondary N) is 1. The monoisotopic (exact) mass is 455 g/mol. The smallest absolute Gasteiger partial charge is 0.346 e. The summed E-state index contributed by atoms with van der Waals surface area (Å²) in [4.78, 5) is 25.4. The molecule has 32 heavy (non-hydrogen) atoms. The van der Waals surface area contributed by atoms with Crippen LogP contribution in [0, 0.1) is 5.82 Å². The third-order valence-electron chi connectivity index (χ3n) is 5.17. The molecule has 1 aromatic heterocycles. The van der Waals surface area contributed by atoms with Crippen molar-refractivity contribution >= 4 is 28.9 Å². The molecular weight excluding hydrogens is 433 g/mol. The Kier molecular flexibility index (Phi) is 5.88. The Labute approximate surface area is 188 Å². The van der Waals surface area contributed by atoms with Crippen LogP contribution in [0.1, 0.15) is 46.3 Å². The number of hydrogen-bond acceptors (Lipinski definition) is 5. The maximum atomic E-state index is 13.9. The van der Waals surface area contributed by atoms with Crippen molar-refractivity contribution in [2.24, 2.45) is 0 Å². The van der Waals surface area contributed by atoms with E-state index in [2.05, 4.69) is 5.32 Å². The number of methoxy groups -OCH3 is 1. The van der Waals surface area contributed by atoms with Gasteiger partial charge >= 0.3 is 5.97 Å². The summed E-state index contributed by atoms with van der Waals surface area (Å²) < 4.78 is 25.2. The molecule has 0 fully saturated rings. The van der Waals surface area contributed by atoms with Gasteiger partial charge in [-0.25, -0.2) is 9.18 Å². The van der Waals surface area contributed by atoms with E-state index in [0.717, 1.165) is 16.9 Å². The van der Waals surface area contributed by atoms with Crippen molar-refractivity contribution in [2.75, 3.05) is 12.4 Å². The van der Waals surface area contributed by atoms with E-state index < -0.39 is 11.8 Å². The van der Waals surface area contributed by atoms with Crippen LogP contribution in [0.5, 0.6) is 11.5 Å². The van der Waals surface area contributed by atoms with Gasteiger partial charge in [-0.1, -0.05) is 18.2 Å². The summed E-state index contributed by atoms with van der Waals surface area (Å²) in [5, 5.41) is 12.7. The quantitative estimate of drug-likeness (QED) is 0.511. The van der Waals surface area contributed by atoms with Crippen LogP contribution in [0.3, 0.4) is 0 Å². The fourth-order valence-corrected chi connectivity index (χ4v) is 5.12. The van der Waals surface area contributed by atoms with E-state index in [1.54, 1.807) is 19.2 Å². The maximum absolute atomic E-state index is 13.9. The number of carbonyl (C=O) groups is 2. The molecule has 2 N–H and O–H groups in total. The molecule has 6 nitrogen and oxygen atoms in total. The number of anilines is 1. The average molecular weight is 456 g/mol. The first-order valence-corrected chi connectivity index (χ1v) is 10.9. The zero-order valence-electron chi connectivity index (χ0n) is 17.8. The Morgan fingerprint density at radius 2 is 2.00 bits per heavy atom. The third kappa shape index (κ3) is 4.05. The summed E-state index contributed by atoms with van der Waals surface area (Å²) in [6, 6.07) is 11.2. The molecule has 0 spiro atoms. The number of aromatic carboxylic acids is 1. The predicted octanol–water partition coefficient (Wildman–Crippen LogP) is 5.52. The van der Waals surface area contributed by atoms with Crippen LogP contribution in [0.25, 0.3) is 11.1 Å². The maximum Gasteiger partial charge on any atom is 0.346 e. The lowest BCUT2D eigenvalue weighted by Crippen LogP contribution is -2.22. The Balaban J connectivity index is 1.87. The van der Waals surface area contributed by atoms with E-state index >= 15 is 0 Å². The minimum atomic E-state index is -1.13. The first-order chi connectivity index (χ1) is 15.3. The van der Waals surface area contributed by atoms with Crippen molar-refractivity contribution in [3.8, 4) is 22.6 Å². The van der Waals surface area contributed by atoms with Gasteiger partial charge in [0, 0.05) is 22.8 Å². The number of rotatable bonds is 6. The number of carboxylic acid groups (broad SMARTS) is 1. The second-order valence-corrected chi connectivity index (χ2v) is 8.79. The molecule has 1 atom stereocenters. The average Bonchev–Trinajstić information content (AvgIpc) is 3.12. The lowest BCUT2D eigenvalue weighted by atomic mass is 9.88. The Morgan fingerprint density at radius 1 is 1.22 bits per heavy atom. The SMILES string of the molecule is COc1cc(C2CC(=O)Nc3c2sc(C(=O)O)c3-c2cccc(F)c2)ccc1OC(C)C. The molecule has 1 unspecified atom stereocenters. The Morgan fingerprint density at radius 3 is 2.66 bits per heavy atom. The van der Waals surface area contributed by atoms with Gasteiger partial charge < -0.3 is 19.9 Å². The number of benzene rings is 2. The summed E-state index contributed by atoms with van der Waals surface area (Å²) in [6.07, 6.45) is 0.119. The second-order valence-electron chi connectivity index (χ2n) is 7.74. The van der Waals surface area contributed by atoms with Crippen LogP contribution in [0.15, 0.2) is 42.5 Å². The van der Waals surface area contributed by atoms with E-state index in [-0.39, 0.29) is 29.2 Å². The molecule has 8 heteroatoms. The first-order valence-electron chi connectivity index (χ1n) is 10.1. The van der Waals surface area contributed by atoms with Crippen LogP contribution in [0.4, 0.5) is 10.1 Å². The lowest BCUT2D eigenvalue weighted by Gasteiger charge is -2.25.